The van der Waals surface area contributed by atoms with Crippen molar-refractivity contribution in [1.82, 2.24) is 0 Å². The monoisotopic (exact) mass is 657 g/mol. The molecule has 51 heavy (non-hydrogen) atoms. The molecule has 0 heterocycles. The number of rotatable bonds is 2. The van der Waals surface area contributed by atoms with Crippen molar-refractivity contribution in [1.29, 1.82) is 5.41 Å². The molecule has 3 heteroatoms. The lowest BCUT2D eigenvalue weighted by Crippen LogP contribution is -2.25. The number of aryl methyl sites for hydroxylation is 1. The van der Waals surface area contributed by atoms with Gasteiger partial charge in [0.25, 0.3) is 0 Å². The standard InChI is InChI=1S/C34H22.C7H8N2.C7H9N/c1-21-14-15-23-19-28-32(20-24(23)18-21)34(31-17-16-22-8-2-3-9-25(22)33(28)31)29-12-6-4-10-26(29)27-11-5-7-13-30(27)34;8-7(9)6-4-2-1-3-5-6;8-6-7-4-2-1-3-5-7/h2-20H,1H3;1-5H,(H3,8,9);1-5H,6,8H2. The summed E-state index contributed by atoms with van der Waals surface area (Å²) in [6.45, 7) is 2.83. The predicted molar refractivity (Wildman–Crippen MR) is 214 cm³/mol. The first-order valence-electron chi connectivity index (χ1n) is 17.4. The minimum Gasteiger partial charge on any atom is -0.384 e. The number of hydrogen-bond acceptors (Lipinski definition) is 2. The third-order valence-corrected chi connectivity index (χ3v) is 10.3. The summed E-state index contributed by atoms with van der Waals surface area (Å²) in [4.78, 5) is 0. The maximum absolute atomic E-state index is 7.01. The molecule has 0 saturated heterocycles. The Morgan fingerprint density at radius 2 is 1.10 bits per heavy atom. The highest BCUT2D eigenvalue weighted by Gasteiger charge is 2.52. The van der Waals surface area contributed by atoms with Gasteiger partial charge in [0.05, 0.1) is 5.41 Å². The Labute approximate surface area is 299 Å². The van der Waals surface area contributed by atoms with Gasteiger partial charge in [0.2, 0.25) is 0 Å². The van der Waals surface area contributed by atoms with E-state index >= 15 is 0 Å². The van der Waals surface area contributed by atoms with Crippen molar-refractivity contribution in [3.05, 3.63) is 215 Å². The van der Waals surface area contributed by atoms with Gasteiger partial charge in [-0.2, -0.15) is 0 Å². The minimum absolute atomic E-state index is 0.121. The topological polar surface area (TPSA) is 75.9 Å². The maximum atomic E-state index is 7.01. The Morgan fingerprint density at radius 3 is 1.73 bits per heavy atom. The van der Waals surface area contributed by atoms with Gasteiger partial charge >= 0.3 is 0 Å². The highest BCUT2D eigenvalue weighted by molar-refractivity contribution is 6.08. The van der Waals surface area contributed by atoms with E-state index < -0.39 is 0 Å². The van der Waals surface area contributed by atoms with Crippen LogP contribution in [0.5, 0.6) is 0 Å². The van der Waals surface area contributed by atoms with Gasteiger partial charge in [-0.05, 0) is 90.7 Å². The summed E-state index contributed by atoms with van der Waals surface area (Å²) in [7, 11) is 0. The Hall–Kier alpha value is -6.29. The fraction of sp³-hybridized carbons (Fsp3) is 0.0625. The van der Waals surface area contributed by atoms with Crippen molar-refractivity contribution in [3.63, 3.8) is 0 Å². The first kappa shape index (κ1) is 31.9. The molecule has 5 N–H and O–H groups in total. The van der Waals surface area contributed by atoms with Gasteiger partial charge < -0.3 is 11.5 Å². The molecule has 0 atom stereocenters. The molecule has 0 bridgehead atoms. The number of benzene rings is 8. The molecule has 8 aromatic rings. The molecule has 2 aliphatic rings. The van der Waals surface area contributed by atoms with Crippen molar-refractivity contribution in [3.8, 4) is 22.3 Å². The summed E-state index contributed by atoms with van der Waals surface area (Å²) < 4.78 is 0. The molecule has 0 unspecified atom stereocenters. The Balaban J connectivity index is 0.000000181. The predicted octanol–water partition coefficient (Wildman–Crippen LogP) is 10.8. The molecule has 0 saturated carbocycles. The van der Waals surface area contributed by atoms with Crippen LogP contribution in [0.25, 0.3) is 43.8 Å². The number of hydrogen-bond donors (Lipinski definition) is 3. The van der Waals surface area contributed by atoms with Crippen LogP contribution >= 0.6 is 0 Å². The average molecular weight is 658 g/mol. The molecule has 8 aromatic carbocycles. The first-order chi connectivity index (χ1) is 25.0. The van der Waals surface area contributed by atoms with E-state index in [1.807, 2.05) is 60.7 Å². The van der Waals surface area contributed by atoms with Crippen molar-refractivity contribution in [2.45, 2.75) is 18.9 Å². The van der Waals surface area contributed by atoms with Gasteiger partial charge in [0.1, 0.15) is 5.84 Å². The van der Waals surface area contributed by atoms with Crippen LogP contribution in [0, 0.1) is 12.3 Å². The van der Waals surface area contributed by atoms with Crippen molar-refractivity contribution >= 4 is 27.4 Å². The fourth-order valence-corrected chi connectivity index (χ4v) is 8.00. The van der Waals surface area contributed by atoms with E-state index in [0.29, 0.717) is 6.54 Å². The number of nitrogens with one attached hydrogen (secondary N) is 1. The summed E-state index contributed by atoms with van der Waals surface area (Å²) in [6, 6.07) is 62.6. The van der Waals surface area contributed by atoms with Crippen molar-refractivity contribution < 1.29 is 0 Å². The molecule has 10 rings (SSSR count). The zero-order valence-electron chi connectivity index (χ0n) is 28.6. The molecule has 0 aromatic heterocycles. The van der Waals surface area contributed by atoms with Crippen molar-refractivity contribution in [2.75, 3.05) is 0 Å². The largest absolute Gasteiger partial charge is 0.384 e. The summed E-state index contributed by atoms with van der Waals surface area (Å²) >= 11 is 0. The average Bonchev–Trinajstić information content (AvgIpc) is 3.65. The van der Waals surface area contributed by atoms with Crippen LogP contribution < -0.4 is 11.5 Å². The second kappa shape index (κ2) is 13.2. The van der Waals surface area contributed by atoms with Crippen molar-refractivity contribution in [2.24, 2.45) is 11.5 Å². The fourth-order valence-electron chi connectivity index (χ4n) is 8.00. The molecule has 3 nitrogen and oxygen atoms in total. The van der Waals surface area contributed by atoms with Crippen LogP contribution in [0.2, 0.25) is 0 Å². The van der Waals surface area contributed by atoms with Gasteiger partial charge in [-0.25, -0.2) is 0 Å². The van der Waals surface area contributed by atoms with E-state index in [2.05, 4.69) is 122 Å². The van der Waals surface area contributed by atoms with Crippen LogP contribution in [0.1, 0.15) is 38.9 Å². The van der Waals surface area contributed by atoms with Gasteiger partial charge in [-0.3, -0.25) is 5.41 Å². The van der Waals surface area contributed by atoms with Gasteiger partial charge in [0, 0.05) is 12.1 Å². The number of nitrogens with two attached hydrogens (primary N) is 2. The van der Waals surface area contributed by atoms with E-state index in [1.54, 1.807) is 0 Å². The first-order valence-corrected chi connectivity index (χ1v) is 17.4. The molecule has 0 aliphatic heterocycles. The summed E-state index contributed by atoms with van der Waals surface area (Å²) in [5.74, 6) is 0.121. The molecule has 0 radical (unpaired) electrons. The minimum atomic E-state index is -0.292. The van der Waals surface area contributed by atoms with Gasteiger partial charge in [0.15, 0.2) is 0 Å². The molecular formula is C48H39N3. The smallest absolute Gasteiger partial charge is 0.122 e. The normalized spacial score (nSPS) is 12.5. The molecule has 1 spiro atoms. The third-order valence-electron chi connectivity index (χ3n) is 10.3. The molecule has 0 amide bonds. The van der Waals surface area contributed by atoms with Crippen LogP contribution in [-0.2, 0) is 12.0 Å². The van der Waals surface area contributed by atoms with E-state index in [1.165, 1.54) is 77.2 Å². The molecule has 2 aliphatic carbocycles. The van der Waals surface area contributed by atoms with E-state index in [0.717, 1.165) is 5.56 Å². The Bertz CT molecular complexity index is 2510. The quantitative estimate of drug-likeness (QED) is 0.128. The van der Waals surface area contributed by atoms with E-state index in [4.69, 9.17) is 16.9 Å². The van der Waals surface area contributed by atoms with Crippen LogP contribution in [0.15, 0.2) is 176 Å². The van der Waals surface area contributed by atoms with E-state index in [-0.39, 0.29) is 11.3 Å². The highest BCUT2D eigenvalue weighted by Crippen LogP contribution is 2.64. The Morgan fingerprint density at radius 1 is 0.510 bits per heavy atom. The zero-order valence-corrected chi connectivity index (χ0v) is 28.6. The zero-order chi connectivity index (χ0) is 35.0. The van der Waals surface area contributed by atoms with Gasteiger partial charge in [-0.1, -0.05) is 169 Å². The molecule has 0 fully saturated rings. The van der Waals surface area contributed by atoms with Crippen LogP contribution in [0.4, 0.5) is 0 Å². The SMILES string of the molecule is Cc1ccc2cc3c(cc2c1)C1(c2ccccc2-c2ccccc21)c1ccc2ccccc2c1-3.N=C(N)c1ccccc1.NCc1ccccc1. The maximum Gasteiger partial charge on any atom is 0.122 e. The summed E-state index contributed by atoms with van der Waals surface area (Å²) in [5.41, 5.74) is 24.6. The lowest BCUT2D eigenvalue weighted by Gasteiger charge is -2.30. The lowest BCUT2D eigenvalue weighted by atomic mass is 9.70. The van der Waals surface area contributed by atoms with Crippen LogP contribution in [0.3, 0.4) is 0 Å². The third kappa shape index (κ3) is 5.40. The second-order valence-electron chi connectivity index (χ2n) is 13.3. The molecular weight excluding hydrogens is 619 g/mol. The number of fused-ring (bicyclic) bond motifs is 13. The highest BCUT2D eigenvalue weighted by atomic mass is 14.7. The lowest BCUT2D eigenvalue weighted by molar-refractivity contribution is 0.795. The van der Waals surface area contributed by atoms with E-state index in [9.17, 15) is 0 Å². The summed E-state index contributed by atoms with van der Waals surface area (Å²) in [6.07, 6.45) is 0. The van der Waals surface area contributed by atoms with Gasteiger partial charge in [-0.15, -0.1) is 0 Å². The summed E-state index contributed by atoms with van der Waals surface area (Å²) in [5, 5.41) is 12.3. The Kier molecular flexibility index (Phi) is 8.27. The number of amidine groups is 1. The number of nitrogen functional groups attached to an aromatic ring is 1. The van der Waals surface area contributed by atoms with Crippen LogP contribution in [-0.4, -0.2) is 5.84 Å². The molecule has 246 valence electrons. The second-order valence-corrected chi connectivity index (χ2v) is 13.3.